The number of carbonyl (C=O) groups excluding carboxylic acids is 1. The molecule has 0 saturated heterocycles. The summed E-state index contributed by atoms with van der Waals surface area (Å²) in [6.07, 6.45) is 11.6. The van der Waals surface area contributed by atoms with Crippen molar-refractivity contribution in [2.24, 2.45) is 11.7 Å². The molecule has 3 heteroatoms. The number of hydrogen-bond donors (Lipinski definition) is 1. The summed E-state index contributed by atoms with van der Waals surface area (Å²) in [5, 5.41) is 0. The Kier molecular flexibility index (Phi) is 6.07. The molecule has 0 heterocycles. The largest absolute Gasteiger partial charge is 0.331 e. The van der Waals surface area contributed by atoms with Gasteiger partial charge in [0.05, 0.1) is 12.5 Å². The number of amides is 1. The lowest BCUT2D eigenvalue weighted by molar-refractivity contribution is -0.135. The second kappa shape index (κ2) is 7.34. The quantitative estimate of drug-likeness (QED) is 0.597. The molecule has 1 aliphatic carbocycles. The predicted octanol–water partition coefficient (Wildman–Crippen LogP) is 1.77. The van der Waals surface area contributed by atoms with Crippen LogP contribution in [0.2, 0.25) is 0 Å². The zero-order valence-electron chi connectivity index (χ0n) is 10.8. The SMILES string of the molecule is C#CCN(CCC)C(=O)C1CCCCCC1N. The van der Waals surface area contributed by atoms with Gasteiger partial charge < -0.3 is 10.6 Å². The van der Waals surface area contributed by atoms with Gasteiger partial charge in [-0.1, -0.05) is 32.1 Å². The van der Waals surface area contributed by atoms with Gasteiger partial charge >= 0.3 is 0 Å². The van der Waals surface area contributed by atoms with E-state index < -0.39 is 0 Å². The van der Waals surface area contributed by atoms with Crippen LogP contribution in [0.4, 0.5) is 0 Å². The van der Waals surface area contributed by atoms with E-state index in [1.807, 2.05) is 0 Å². The topological polar surface area (TPSA) is 46.3 Å². The minimum atomic E-state index is -0.0163. The lowest BCUT2D eigenvalue weighted by Gasteiger charge is -2.27. The third-order valence-electron chi connectivity index (χ3n) is 3.47. The molecule has 0 aromatic carbocycles. The third kappa shape index (κ3) is 4.05. The Morgan fingerprint density at radius 3 is 2.76 bits per heavy atom. The van der Waals surface area contributed by atoms with Crippen molar-refractivity contribution < 1.29 is 4.79 Å². The average molecular weight is 236 g/mol. The van der Waals surface area contributed by atoms with Gasteiger partial charge in [-0.2, -0.15) is 0 Å². The molecule has 0 radical (unpaired) electrons. The summed E-state index contributed by atoms with van der Waals surface area (Å²) in [4.78, 5) is 14.2. The summed E-state index contributed by atoms with van der Waals surface area (Å²) in [6, 6.07) is 0.0159. The van der Waals surface area contributed by atoms with E-state index in [1.165, 1.54) is 6.42 Å². The molecule has 1 amide bonds. The van der Waals surface area contributed by atoms with Crippen molar-refractivity contribution in [1.29, 1.82) is 0 Å². The van der Waals surface area contributed by atoms with E-state index in [0.717, 1.165) is 38.6 Å². The molecule has 0 bridgehead atoms. The highest BCUT2D eigenvalue weighted by atomic mass is 16.2. The molecule has 96 valence electrons. The van der Waals surface area contributed by atoms with E-state index in [1.54, 1.807) is 4.90 Å². The molecule has 17 heavy (non-hydrogen) atoms. The first kappa shape index (κ1) is 14.1. The summed E-state index contributed by atoms with van der Waals surface area (Å²) in [6.45, 7) is 3.21. The fraction of sp³-hybridized carbons (Fsp3) is 0.786. The van der Waals surface area contributed by atoms with Crippen LogP contribution in [-0.4, -0.2) is 29.9 Å². The van der Waals surface area contributed by atoms with Gasteiger partial charge in [0, 0.05) is 12.6 Å². The summed E-state index contributed by atoms with van der Waals surface area (Å²) >= 11 is 0. The second-order valence-corrected chi connectivity index (χ2v) is 4.87. The highest BCUT2D eigenvalue weighted by Gasteiger charge is 2.29. The van der Waals surface area contributed by atoms with Crippen molar-refractivity contribution in [2.45, 2.75) is 51.5 Å². The molecule has 3 nitrogen and oxygen atoms in total. The summed E-state index contributed by atoms with van der Waals surface area (Å²) in [7, 11) is 0. The molecular weight excluding hydrogens is 212 g/mol. The molecule has 2 atom stereocenters. The maximum absolute atomic E-state index is 12.4. The summed E-state index contributed by atoms with van der Waals surface area (Å²) in [5.74, 6) is 2.72. The molecule has 1 aliphatic rings. The van der Waals surface area contributed by atoms with E-state index in [4.69, 9.17) is 12.2 Å². The van der Waals surface area contributed by atoms with E-state index in [0.29, 0.717) is 6.54 Å². The van der Waals surface area contributed by atoms with Gasteiger partial charge in [0.1, 0.15) is 0 Å². The zero-order valence-corrected chi connectivity index (χ0v) is 10.8. The number of terminal acetylenes is 1. The van der Waals surface area contributed by atoms with Crippen LogP contribution in [0.3, 0.4) is 0 Å². The first-order valence-corrected chi connectivity index (χ1v) is 6.68. The fourth-order valence-electron chi connectivity index (χ4n) is 2.52. The van der Waals surface area contributed by atoms with Gasteiger partial charge in [-0.15, -0.1) is 6.42 Å². The number of hydrogen-bond acceptors (Lipinski definition) is 2. The minimum Gasteiger partial charge on any atom is -0.331 e. The van der Waals surface area contributed by atoms with Crippen LogP contribution in [0, 0.1) is 18.3 Å². The van der Waals surface area contributed by atoms with Crippen molar-refractivity contribution >= 4 is 5.91 Å². The Balaban J connectivity index is 2.66. The molecule has 1 fully saturated rings. The third-order valence-corrected chi connectivity index (χ3v) is 3.47. The van der Waals surface area contributed by atoms with Gasteiger partial charge in [-0.3, -0.25) is 4.79 Å². The fourth-order valence-corrected chi connectivity index (χ4v) is 2.52. The van der Waals surface area contributed by atoms with Crippen LogP contribution >= 0.6 is 0 Å². The monoisotopic (exact) mass is 236 g/mol. The standard InChI is InChI=1S/C14H24N2O/c1-3-10-16(11-4-2)14(17)12-8-6-5-7-9-13(12)15/h1,12-13H,4-11,15H2,2H3. The Morgan fingerprint density at radius 2 is 2.12 bits per heavy atom. The molecule has 2 unspecified atom stereocenters. The van der Waals surface area contributed by atoms with Crippen LogP contribution in [0.25, 0.3) is 0 Å². The number of nitrogens with two attached hydrogens (primary N) is 1. The molecule has 1 rings (SSSR count). The minimum absolute atomic E-state index is 0.0159. The number of carbonyl (C=O) groups is 1. The van der Waals surface area contributed by atoms with Crippen molar-refractivity contribution in [3.8, 4) is 12.3 Å². The van der Waals surface area contributed by atoms with Gasteiger partial charge in [-0.25, -0.2) is 0 Å². The Labute approximate surface area is 105 Å². The molecule has 0 aliphatic heterocycles. The highest BCUT2D eigenvalue weighted by molar-refractivity contribution is 5.79. The van der Waals surface area contributed by atoms with Crippen molar-refractivity contribution in [3.63, 3.8) is 0 Å². The molecule has 0 aromatic heterocycles. The molecule has 0 spiro atoms. The highest BCUT2D eigenvalue weighted by Crippen LogP contribution is 2.24. The van der Waals surface area contributed by atoms with Crippen molar-refractivity contribution in [3.05, 3.63) is 0 Å². The normalized spacial score (nSPS) is 24.8. The van der Waals surface area contributed by atoms with E-state index in [9.17, 15) is 4.79 Å². The van der Waals surface area contributed by atoms with Crippen molar-refractivity contribution in [1.82, 2.24) is 4.90 Å². The van der Waals surface area contributed by atoms with Crippen LogP contribution < -0.4 is 5.73 Å². The van der Waals surface area contributed by atoms with Gasteiger partial charge in [0.15, 0.2) is 0 Å². The van der Waals surface area contributed by atoms with Gasteiger partial charge in [0.2, 0.25) is 5.91 Å². The lowest BCUT2D eigenvalue weighted by Crippen LogP contribution is -2.44. The van der Waals surface area contributed by atoms with Gasteiger partial charge in [0.25, 0.3) is 0 Å². The van der Waals surface area contributed by atoms with Crippen molar-refractivity contribution in [2.75, 3.05) is 13.1 Å². The van der Waals surface area contributed by atoms with Crippen LogP contribution in [0.5, 0.6) is 0 Å². The Hall–Kier alpha value is -1.01. The number of nitrogens with zero attached hydrogens (tertiary/aromatic N) is 1. The Morgan fingerprint density at radius 1 is 1.41 bits per heavy atom. The molecule has 0 aromatic rings. The maximum Gasteiger partial charge on any atom is 0.228 e. The van der Waals surface area contributed by atoms with E-state index in [-0.39, 0.29) is 17.9 Å². The molecule has 1 saturated carbocycles. The maximum atomic E-state index is 12.4. The van der Waals surface area contributed by atoms with E-state index >= 15 is 0 Å². The number of rotatable bonds is 4. The smallest absolute Gasteiger partial charge is 0.228 e. The summed E-state index contributed by atoms with van der Waals surface area (Å²) in [5.41, 5.74) is 6.11. The molecular formula is C14H24N2O. The molecule has 2 N–H and O–H groups in total. The lowest BCUT2D eigenvalue weighted by atomic mass is 9.94. The zero-order chi connectivity index (χ0) is 12.7. The van der Waals surface area contributed by atoms with Crippen LogP contribution in [0.1, 0.15) is 45.4 Å². The average Bonchev–Trinajstić information content (AvgIpc) is 2.53. The van der Waals surface area contributed by atoms with Gasteiger partial charge in [-0.05, 0) is 19.3 Å². The second-order valence-electron chi connectivity index (χ2n) is 4.87. The summed E-state index contributed by atoms with van der Waals surface area (Å²) < 4.78 is 0. The predicted molar refractivity (Wildman–Crippen MR) is 70.3 cm³/mol. The van der Waals surface area contributed by atoms with E-state index in [2.05, 4.69) is 12.8 Å². The Bertz CT molecular complexity index is 282. The first-order chi connectivity index (χ1) is 8.20. The van der Waals surface area contributed by atoms with Crippen LogP contribution in [-0.2, 0) is 4.79 Å². The van der Waals surface area contributed by atoms with Crippen LogP contribution in [0.15, 0.2) is 0 Å². The first-order valence-electron chi connectivity index (χ1n) is 6.68.